The average Bonchev–Trinajstić information content (AvgIpc) is 3.20. The normalized spacial score (nSPS) is 15.5. The van der Waals surface area contributed by atoms with Gasteiger partial charge in [-0.1, -0.05) is 49.3 Å². The van der Waals surface area contributed by atoms with Crippen LogP contribution in [-0.4, -0.2) is 67.2 Å². The molecule has 172 valence electrons. The van der Waals surface area contributed by atoms with Gasteiger partial charge in [0.05, 0.1) is 5.69 Å². The van der Waals surface area contributed by atoms with Gasteiger partial charge in [0.15, 0.2) is 5.96 Å². The standard InChI is InChI=1S/C23H36N6O.HI/c1-4-21-20(22(5-2)30-27-21)17-26-23(24-3)25-11-12-28-13-15-29(16-14-28)18-19-9-7-6-8-10-19;/h6-10H,4-5,11-18H2,1-3H3,(H2,24,25,26);1H. The summed E-state index contributed by atoms with van der Waals surface area (Å²) in [6.07, 6.45) is 1.73. The predicted octanol–water partition coefficient (Wildman–Crippen LogP) is 2.90. The molecule has 0 amide bonds. The van der Waals surface area contributed by atoms with Crippen molar-refractivity contribution < 1.29 is 4.52 Å². The molecule has 0 aliphatic carbocycles. The van der Waals surface area contributed by atoms with Gasteiger partial charge in [-0.2, -0.15) is 0 Å². The summed E-state index contributed by atoms with van der Waals surface area (Å²) in [5.41, 5.74) is 3.59. The number of aromatic nitrogens is 1. The summed E-state index contributed by atoms with van der Waals surface area (Å²) >= 11 is 0. The number of aliphatic imine (C=N–C) groups is 1. The van der Waals surface area contributed by atoms with Gasteiger partial charge in [-0.25, -0.2) is 0 Å². The molecule has 2 heterocycles. The first kappa shape index (κ1) is 25.6. The molecule has 0 radical (unpaired) electrons. The van der Waals surface area contributed by atoms with Crippen LogP contribution in [0.1, 0.15) is 36.4 Å². The van der Waals surface area contributed by atoms with Crippen molar-refractivity contribution in [2.75, 3.05) is 46.3 Å². The van der Waals surface area contributed by atoms with E-state index >= 15 is 0 Å². The molecule has 3 rings (SSSR count). The number of hydrogen-bond donors (Lipinski definition) is 2. The molecular weight excluding hydrogens is 503 g/mol. The van der Waals surface area contributed by atoms with E-state index in [2.05, 4.69) is 74.8 Å². The number of nitrogens with one attached hydrogen (secondary N) is 2. The van der Waals surface area contributed by atoms with Gasteiger partial charge in [-0.3, -0.25) is 14.8 Å². The Bertz CT molecular complexity index is 765. The number of nitrogens with zero attached hydrogens (tertiary/aromatic N) is 4. The number of halogens is 1. The molecule has 1 aliphatic rings. The lowest BCUT2D eigenvalue weighted by molar-refractivity contribution is 0.129. The third-order valence-corrected chi connectivity index (χ3v) is 5.70. The maximum Gasteiger partial charge on any atom is 0.191 e. The Morgan fingerprint density at radius 2 is 1.74 bits per heavy atom. The summed E-state index contributed by atoms with van der Waals surface area (Å²) in [4.78, 5) is 9.41. The van der Waals surface area contributed by atoms with Crippen molar-refractivity contribution in [2.45, 2.75) is 39.8 Å². The van der Waals surface area contributed by atoms with Crippen LogP contribution in [0.4, 0.5) is 0 Å². The minimum atomic E-state index is 0. The smallest absolute Gasteiger partial charge is 0.191 e. The predicted molar refractivity (Wildman–Crippen MR) is 137 cm³/mol. The monoisotopic (exact) mass is 540 g/mol. The molecule has 1 aromatic carbocycles. The molecule has 2 N–H and O–H groups in total. The van der Waals surface area contributed by atoms with Crippen LogP contribution in [0.2, 0.25) is 0 Å². The van der Waals surface area contributed by atoms with Gasteiger partial charge in [-0.15, -0.1) is 24.0 Å². The first-order chi connectivity index (χ1) is 14.7. The zero-order valence-electron chi connectivity index (χ0n) is 19.1. The number of benzene rings is 1. The molecule has 0 atom stereocenters. The quantitative estimate of drug-likeness (QED) is 0.290. The van der Waals surface area contributed by atoms with E-state index in [-0.39, 0.29) is 24.0 Å². The van der Waals surface area contributed by atoms with Gasteiger partial charge in [0.2, 0.25) is 0 Å². The van der Waals surface area contributed by atoms with Crippen LogP contribution >= 0.6 is 24.0 Å². The molecule has 1 aromatic heterocycles. The van der Waals surface area contributed by atoms with E-state index in [4.69, 9.17) is 4.52 Å². The second-order valence-electron chi connectivity index (χ2n) is 7.69. The summed E-state index contributed by atoms with van der Waals surface area (Å²) in [6.45, 7) is 12.3. The van der Waals surface area contributed by atoms with E-state index in [1.807, 2.05) is 7.05 Å². The van der Waals surface area contributed by atoms with E-state index in [1.165, 1.54) is 5.56 Å². The summed E-state index contributed by atoms with van der Waals surface area (Å²) in [5, 5.41) is 11.0. The molecular formula is C23H37IN6O. The highest BCUT2D eigenvalue weighted by atomic mass is 127. The lowest BCUT2D eigenvalue weighted by atomic mass is 10.1. The summed E-state index contributed by atoms with van der Waals surface area (Å²) in [5.74, 6) is 1.78. The molecule has 0 spiro atoms. The van der Waals surface area contributed by atoms with Gasteiger partial charge >= 0.3 is 0 Å². The Balaban J connectivity index is 0.00000341. The zero-order valence-corrected chi connectivity index (χ0v) is 21.4. The third kappa shape index (κ3) is 7.76. The lowest BCUT2D eigenvalue weighted by Crippen LogP contribution is -2.48. The highest BCUT2D eigenvalue weighted by Crippen LogP contribution is 2.15. The topological polar surface area (TPSA) is 68.9 Å². The van der Waals surface area contributed by atoms with Crippen molar-refractivity contribution in [2.24, 2.45) is 4.99 Å². The SMILES string of the molecule is CCc1noc(CC)c1CNC(=NC)NCCN1CCN(Cc2ccccc2)CC1.I. The van der Waals surface area contributed by atoms with Crippen LogP contribution in [0.3, 0.4) is 0 Å². The number of rotatable bonds is 9. The maximum atomic E-state index is 5.45. The van der Waals surface area contributed by atoms with E-state index in [0.717, 1.165) is 81.6 Å². The fourth-order valence-electron chi connectivity index (χ4n) is 3.88. The van der Waals surface area contributed by atoms with Crippen molar-refractivity contribution in [1.82, 2.24) is 25.6 Å². The van der Waals surface area contributed by atoms with Gasteiger partial charge in [0.1, 0.15) is 5.76 Å². The van der Waals surface area contributed by atoms with Crippen LogP contribution in [0.5, 0.6) is 0 Å². The molecule has 8 heteroatoms. The van der Waals surface area contributed by atoms with Gasteiger partial charge in [-0.05, 0) is 12.0 Å². The van der Waals surface area contributed by atoms with Gasteiger partial charge in [0.25, 0.3) is 0 Å². The number of aryl methyl sites for hydroxylation is 2. The molecule has 0 bridgehead atoms. The minimum absolute atomic E-state index is 0. The molecule has 0 unspecified atom stereocenters. The Kier molecular flexibility index (Phi) is 11.3. The molecule has 1 fully saturated rings. The van der Waals surface area contributed by atoms with E-state index in [0.29, 0.717) is 6.54 Å². The number of piperazine rings is 1. The van der Waals surface area contributed by atoms with Crippen molar-refractivity contribution in [3.8, 4) is 0 Å². The van der Waals surface area contributed by atoms with Crippen molar-refractivity contribution in [3.63, 3.8) is 0 Å². The highest BCUT2D eigenvalue weighted by Gasteiger charge is 2.17. The van der Waals surface area contributed by atoms with Gasteiger partial charge in [0, 0.05) is 71.4 Å². The summed E-state index contributed by atoms with van der Waals surface area (Å²) in [6, 6.07) is 10.7. The van der Waals surface area contributed by atoms with Crippen LogP contribution in [0.15, 0.2) is 39.8 Å². The van der Waals surface area contributed by atoms with Crippen molar-refractivity contribution in [1.29, 1.82) is 0 Å². The number of hydrogen-bond acceptors (Lipinski definition) is 5. The lowest BCUT2D eigenvalue weighted by Gasteiger charge is -2.34. The molecule has 0 saturated carbocycles. The van der Waals surface area contributed by atoms with Crippen molar-refractivity contribution in [3.05, 3.63) is 52.9 Å². The fraction of sp³-hybridized carbons (Fsp3) is 0.565. The Morgan fingerprint density at radius 1 is 1.03 bits per heavy atom. The average molecular weight is 540 g/mol. The largest absolute Gasteiger partial charge is 0.361 e. The summed E-state index contributed by atoms with van der Waals surface area (Å²) in [7, 11) is 1.81. The van der Waals surface area contributed by atoms with Crippen molar-refractivity contribution >= 4 is 29.9 Å². The Hall–Kier alpha value is -1.65. The summed E-state index contributed by atoms with van der Waals surface area (Å²) < 4.78 is 5.45. The first-order valence-electron chi connectivity index (χ1n) is 11.1. The van der Waals surface area contributed by atoms with Crippen LogP contribution in [0, 0.1) is 0 Å². The Labute approximate surface area is 203 Å². The van der Waals surface area contributed by atoms with Gasteiger partial charge < -0.3 is 15.2 Å². The second kappa shape index (κ2) is 13.7. The fourth-order valence-corrected chi connectivity index (χ4v) is 3.88. The second-order valence-corrected chi connectivity index (χ2v) is 7.69. The van der Waals surface area contributed by atoms with E-state index in [1.54, 1.807) is 0 Å². The van der Waals surface area contributed by atoms with Crippen LogP contribution in [-0.2, 0) is 25.9 Å². The molecule has 7 nitrogen and oxygen atoms in total. The number of guanidine groups is 1. The zero-order chi connectivity index (χ0) is 21.2. The van der Waals surface area contributed by atoms with Crippen LogP contribution in [0.25, 0.3) is 0 Å². The first-order valence-corrected chi connectivity index (χ1v) is 11.1. The molecule has 1 saturated heterocycles. The Morgan fingerprint density at radius 3 is 2.39 bits per heavy atom. The highest BCUT2D eigenvalue weighted by molar-refractivity contribution is 14.0. The van der Waals surface area contributed by atoms with E-state index in [9.17, 15) is 0 Å². The minimum Gasteiger partial charge on any atom is -0.361 e. The molecule has 1 aliphatic heterocycles. The maximum absolute atomic E-state index is 5.45. The third-order valence-electron chi connectivity index (χ3n) is 5.70. The molecule has 31 heavy (non-hydrogen) atoms. The van der Waals surface area contributed by atoms with Crippen LogP contribution < -0.4 is 10.6 Å². The molecule has 2 aromatic rings. The van der Waals surface area contributed by atoms with E-state index < -0.39 is 0 Å².